The summed E-state index contributed by atoms with van der Waals surface area (Å²) in [5.74, 6) is -0.535. The number of para-hydroxylation sites is 1. The smallest absolute Gasteiger partial charge is 0.311 e. The Morgan fingerprint density at radius 2 is 2.23 bits per heavy atom. The summed E-state index contributed by atoms with van der Waals surface area (Å²) in [6, 6.07) is 8.51. The van der Waals surface area contributed by atoms with Crippen molar-refractivity contribution in [3.05, 3.63) is 47.5 Å². The summed E-state index contributed by atoms with van der Waals surface area (Å²) in [6.07, 6.45) is 2.67. The van der Waals surface area contributed by atoms with Crippen molar-refractivity contribution in [3.8, 4) is 0 Å². The average Bonchev–Trinajstić information content (AvgIpc) is 3.04. The molecule has 0 atom stereocenters. The predicted molar refractivity (Wildman–Crippen MR) is 83.1 cm³/mol. The van der Waals surface area contributed by atoms with Crippen LogP contribution in [0, 0.1) is 6.92 Å². The van der Waals surface area contributed by atoms with E-state index in [4.69, 9.17) is 9.52 Å². The Morgan fingerprint density at radius 1 is 1.41 bits per heavy atom. The second-order valence-electron chi connectivity index (χ2n) is 5.13. The minimum Gasteiger partial charge on any atom is -0.481 e. The number of oxazole rings is 1. The number of H-pyrrole nitrogens is 1. The molecule has 0 amide bonds. The maximum Gasteiger partial charge on any atom is 0.311 e. The van der Waals surface area contributed by atoms with Crippen LogP contribution in [-0.2, 0) is 17.6 Å². The highest BCUT2D eigenvalue weighted by atomic mass is 16.4. The number of carbonyl (C=O) groups is 1. The number of carboxylic acid groups (broad SMARTS) is 1. The van der Waals surface area contributed by atoms with Gasteiger partial charge in [0.15, 0.2) is 0 Å². The lowest BCUT2D eigenvalue weighted by Gasteiger charge is -2.01. The van der Waals surface area contributed by atoms with Gasteiger partial charge >= 0.3 is 5.97 Å². The molecule has 22 heavy (non-hydrogen) atoms. The fourth-order valence-electron chi connectivity index (χ4n) is 2.45. The van der Waals surface area contributed by atoms with E-state index in [1.807, 2.05) is 24.4 Å². The van der Waals surface area contributed by atoms with Gasteiger partial charge in [0.25, 0.3) is 6.01 Å². The number of aromatic amines is 1. The van der Waals surface area contributed by atoms with Crippen LogP contribution in [0.25, 0.3) is 10.9 Å². The molecular weight excluding hydrogens is 282 g/mol. The van der Waals surface area contributed by atoms with Crippen molar-refractivity contribution in [2.45, 2.75) is 19.8 Å². The van der Waals surface area contributed by atoms with E-state index >= 15 is 0 Å². The van der Waals surface area contributed by atoms with Crippen LogP contribution < -0.4 is 5.32 Å². The first kappa shape index (κ1) is 14.2. The summed E-state index contributed by atoms with van der Waals surface area (Å²) in [5.41, 5.74) is 2.95. The summed E-state index contributed by atoms with van der Waals surface area (Å²) >= 11 is 0. The Morgan fingerprint density at radius 3 is 3.05 bits per heavy atom. The van der Waals surface area contributed by atoms with Gasteiger partial charge in [-0.05, 0) is 25.0 Å². The third kappa shape index (κ3) is 2.95. The lowest BCUT2D eigenvalue weighted by molar-refractivity contribution is -0.136. The van der Waals surface area contributed by atoms with E-state index in [1.54, 1.807) is 6.92 Å². The zero-order valence-corrected chi connectivity index (χ0v) is 12.2. The first-order valence-corrected chi connectivity index (χ1v) is 7.10. The molecule has 0 unspecified atom stereocenters. The maximum atomic E-state index is 10.7. The summed E-state index contributed by atoms with van der Waals surface area (Å²) in [4.78, 5) is 18.1. The molecule has 6 heteroatoms. The third-order valence-corrected chi connectivity index (χ3v) is 3.55. The number of aromatic nitrogens is 2. The van der Waals surface area contributed by atoms with Gasteiger partial charge in [-0.25, -0.2) is 0 Å². The highest BCUT2D eigenvalue weighted by molar-refractivity contribution is 5.83. The third-order valence-electron chi connectivity index (χ3n) is 3.55. The number of rotatable bonds is 6. The summed E-state index contributed by atoms with van der Waals surface area (Å²) in [7, 11) is 0. The standard InChI is InChI=1S/C16H17N3O3/c1-10-14(8-15(20)21)22-16(19-10)17-7-6-11-9-18-13-5-3-2-4-12(11)13/h2-5,9,18H,6-8H2,1H3,(H,17,19)(H,20,21). The van der Waals surface area contributed by atoms with Gasteiger partial charge in [0.1, 0.15) is 12.2 Å². The molecule has 114 valence electrons. The van der Waals surface area contributed by atoms with Gasteiger partial charge in [0, 0.05) is 23.6 Å². The number of hydrogen-bond acceptors (Lipinski definition) is 4. The first-order valence-electron chi connectivity index (χ1n) is 7.10. The Kier molecular flexibility index (Phi) is 3.82. The number of fused-ring (bicyclic) bond motifs is 1. The highest BCUT2D eigenvalue weighted by Crippen LogP contribution is 2.19. The molecule has 0 fully saturated rings. The maximum absolute atomic E-state index is 10.7. The van der Waals surface area contributed by atoms with Gasteiger partial charge in [-0.2, -0.15) is 4.98 Å². The fourth-order valence-corrected chi connectivity index (χ4v) is 2.45. The molecule has 2 aromatic heterocycles. The monoisotopic (exact) mass is 299 g/mol. The quantitative estimate of drug-likeness (QED) is 0.651. The van der Waals surface area contributed by atoms with Gasteiger partial charge in [-0.15, -0.1) is 0 Å². The van der Waals surface area contributed by atoms with Crippen molar-refractivity contribution in [2.24, 2.45) is 0 Å². The van der Waals surface area contributed by atoms with Gasteiger partial charge in [0.2, 0.25) is 0 Å². The first-order chi connectivity index (χ1) is 10.6. The van der Waals surface area contributed by atoms with E-state index in [9.17, 15) is 4.79 Å². The normalized spacial score (nSPS) is 11.0. The van der Waals surface area contributed by atoms with Crippen LogP contribution in [0.5, 0.6) is 0 Å². The molecular formula is C16H17N3O3. The number of nitrogens with one attached hydrogen (secondary N) is 2. The van der Waals surface area contributed by atoms with Crippen LogP contribution >= 0.6 is 0 Å². The van der Waals surface area contributed by atoms with Crippen LogP contribution in [-0.4, -0.2) is 27.6 Å². The second kappa shape index (κ2) is 5.93. The van der Waals surface area contributed by atoms with Gasteiger partial charge in [-0.3, -0.25) is 4.79 Å². The number of hydrogen-bond donors (Lipinski definition) is 3. The average molecular weight is 299 g/mol. The number of nitrogens with zero attached hydrogens (tertiary/aromatic N) is 1. The zero-order chi connectivity index (χ0) is 15.5. The predicted octanol–water partition coefficient (Wildman–Crippen LogP) is 2.75. The van der Waals surface area contributed by atoms with Gasteiger partial charge in [-0.1, -0.05) is 18.2 Å². The van der Waals surface area contributed by atoms with E-state index in [1.165, 1.54) is 10.9 Å². The van der Waals surface area contributed by atoms with Crippen molar-refractivity contribution in [2.75, 3.05) is 11.9 Å². The Hall–Kier alpha value is -2.76. The molecule has 0 bridgehead atoms. The van der Waals surface area contributed by atoms with E-state index in [0.717, 1.165) is 11.9 Å². The van der Waals surface area contributed by atoms with Crippen molar-refractivity contribution >= 4 is 22.9 Å². The molecule has 0 spiro atoms. The van der Waals surface area contributed by atoms with Crippen molar-refractivity contribution in [1.82, 2.24) is 9.97 Å². The molecule has 0 saturated heterocycles. The lowest BCUT2D eigenvalue weighted by Crippen LogP contribution is -2.04. The SMILES string of the molecule is Cc1nc(NCCc2c[nH]c3ccccc23)oc1CC(=O)O. The van der Waals surface area contributed by atoms with Crippen LogP contribution in [0.4, 0.5) is 6.01 Å². The molecule has 0 aliphatic heterocycles. The van der Waals surface area contributed by atoms with Crippen LogP contribution in [0.15, 0.2) is 34.9 Å². The summed E-state index contributed by atoms with van der Waals surface area (Å²) in [6.45, 7) is 2.40. The molecule has 2 heterocycles. The Balaban J connectivity index is 1.62. The minimum atomic E-state index is -0.926. The van der Waals surface area contributed by atoms with Gasteiger partial charge in [0.05, 0.1) is 5.69 Å². The molecule has 0 radical (unpaired) electrons. The van der Waals surface area contributed by atoms with Gasteiger partial charge < -0.3 is 19.8 Å². The summed E-state index contributed by atoms with van der Waals surface area (Å²) in [5, 5.41) is 13.1. The van der Waals surface area contributed by atoms with E-state index in [-0.39, 0.29) is 6.42 Å². The molecule has 0 saturated carbocycles. The molecule has 0 aliphatic carbocycles. The molecule has 3 aromatic rings. The van der Waals surface area contributed by atoms with Crippen molar-refractivity contribution in [3.63, 3.8) is 0 Å². The number of aryl methyl sites for hydroxylation is 1. The molecule has 6 nitrogen and oxygen atoms in total. The zero-order valence-electron chi connectivity index (χ0n) is 12.2. The number of anilines is 1. The van der Waals surface area contributed by atoms with Crippen LogP contribution in [0.2, 0.25) is 0 Å². The molecule has 3 N–H and O–H groups in total. The largest absolute Gasteiger partial charge is 0.481 e. The van der Waals surface area contributed by atoms with Crippen LogP contribution in [0.1, 0.15) is 17.0 Å². The van der Waals surface area contributed by atoms with E-state index < -0.39 is 5.97 Å². The van der Waals surface area contributed by atoms with Crippen LogP contribution in [0.3, 0.4) is 0 Å². The molecule has 1 aromatic carbocycles. The van der Waals surface area contributed by atoms with Crippen molar-refractivity contribution in [1.29, 1.82) is 0 Å². The molecule has 3 rings (SSSR count). The topological polar surface area (TPSA) is 91.2 Å². The molecule has 0 aliphatic rings. The van der Waals surface area contributed by atoms with E-state index in [2.05, 4.69) is 21.4 Å². The lowest BCUT2D eigenvalue weighted by atomic mass is 10.1. The van der Waals surface area contributed by atoms with E-state index in [0.29, 0.717) is 24.0 Å². The Labute approximate surface area is 127 Å². The highest BCUT2D eigenvalue weighted by Gasteiger charge is 2.12. The minimum absolute atomic E-state index is 0.150. The summed E-state index contributed by atoms with van der Waals surface area (Å²) < 4.78 is 5.42. The van der Waals surface area contributed by atoms with Crippen molar-refractivity contribution < 1.29 is 14.3 Å². The second-order valence-corrected chi connectivity index (χ2v) is 5.13. The fraction of sp³-hybridized carbons (Fsp3) is 0.250. The number of carboxylic acids is 1. The Bertz CT molecular complexity index is 804. The number of aliphatic carboxylic acids is 1. The number of benzene rings is 1.